The molecule has 0 aliphatic heterocycles. The topological polar surface area (TPSA) is 50.7 Å². The number of amidine groups is 1. The molecule has 0 aliphatic rings. The number of amides is 1. The van der Waals surface area contributed by atoms with Gasteiger partial charge >= 0.3 is 0 Å². The van der Waals surface area contributed by atoms with E-state index in [1.807, 2.05) is 20.8 Å². The predicted molar refractivity (Wildman–Crippen MR) is 77.2 cm³/mol. The molecule has 1 N–H and O–H groups in total. The first kappa shape index (κ1) is 16.1. The van der Waals surface area contributed by atoms with Crippen LogP contribution in [0.5, 0.6) is 0 Å². The minimum atomic E-state index is -0.566. The van der Waals surface area contributed by atoms with Crippen molar-refractivity contribution >= 4 is 11.9 Å². The second-order valence-electron chi connectivity index (χ2n) is 4.83. The van der Waals surface area contributed by atoms with Crippen molar-refractivity contribution in [2.24, 2.45) is 10.9 Å². The molecule has 0 aromatic heterocycles. The first-order valence-electron chi connectivity index (χ1n) is 6.77. The largest absolute Gasteiger partial charge is 0.465 e. The van der Waals surface area contributed by atoms with Crippen molar-refractivity contribution in [2.75, 3.05) is 13.2 Å². The zero-order chi connectivity index (χ0) is 15.0. The van der Waals surface area contributed by atoms with E-state index in [1.165, 1.54) is 18.2 Å². The Morgan fingerprint density at radius 2 is 2.10 bits per heavy atom. The number of rotatable bonds is 5. The molecule has 1 aromatic rings. The summed E-state index contributed by atoms with van der Waals surface area (Å²) in [5, 5.41) is 2.51. The van der Waals surface area contributed by atoms with Crippen LogP contribution in [-0.2, 0) is 4.74 Å². The van der Waals surface area contributed by atoms with Gasteiger partial charge in [-0.15, -0.1) is 0 Å². The zero-order valence-corrected chi connectivity index (χ0v) is 12.1. The summed E-state index contributed by atoms with van der Waals surface area (Å²) in [5.41, 5.74) is -0.0233. The van der Waals surface area contributed by atoms with Crippen LogP contribution in [0.1, 0.15) is 37.6 Å². The van der Waals surface area contributed by atoms with E-state index in [0.29, 0.717) is 19.1 Å². The third-order valence-electron chi connectivity index (χ3n) is 2.37. The number of hydrogen-bond donors (Lipinski definition) is 1. The Balaban J connectivity index is 2.74. The summed E-state index contributed by atoms with van der Waals surface area (Å²) in [5.74, 6) is -0.808. The summed E-state index contributed by atoms with van der Waals surface area (Å²) in [4.78, 5) is 16.1. The lowest BCUT2D eigenvalue weighted by molar-refractivity contribution is 0.0959. The van der Waals surface area contributed by atoms with Gasteiger partial charge in [-0.3, -0.25) is 10.1 Å². The third-order valence-corrected chi connectivity index (χ3v) is 2.37. The van der Waals surface area contributed by atoms with E-state index in [1.54, 1.807) is 6.07 Å². The van der Waals surface area contributed by atoms with Crippen molar-refractivity contribution < 1.29 is 13.9 Å². The van der Waals surface area contributed by atoms with Gasteiger partial charge in [0, 0.05) is 6.54 Å². The molecular weight excluding hydrogens is 259 g/mol. The monoisotopic (exact) mass is 280 g/mol. The molecule has 4 nitrogen and oxygen atoms in total. The number of nitrogens with zero attached hydrogens (tertiary/aromatic N) is 1. The lowest BCUT2D eigenvalue weighted by Crippen LogP contribution is -2.34. The summed E-state index contributed by atoms with van der Waals surface area (Å²) in [6, 6.07) is 5.95. The molecule has 0 saturated carbocycles. The number of nitrogens with one attached hydrogen (secondary N) is 1. The summed E-state index contributed by atoms with van der Waals surface area (Å²) in [6.07, 6.45) is 0.837. The molecular formula is C15H21FN2O2. The van der Waals surface area contributed by atoms with Gasteiger partial charge in [0.15, 0.2) is 0 Å². The maximum atomic E-state index is 13.5. The van der Waals surface area contributed by atoms with Gasteiger partial charge in [0.1, 0.15) is 5.82 Å². The van der Waals surface area contributed by atoms with Crippen molar-refractivity contribution in [3.05, 3.63) is 35.6 Å². The summed E-state index contributed by atoms with van der Waals surface area (Å²) < 4.78 is 18.9. The summed E-state index contributed by atoms with van der Waals surface area (Å²) in [6.45, 7) is 6.96. The minimum Gasteiger partial charge on any atom is -0.465 e. The summed E-state index contributed by atoms with van der Waals surface area (Å²) >= 11 is 0. The van der Waals surface area contributed by atoms with E-state index in [-0.39, 0.29) is 11.6 Å². The zero-order valence-electron chi connectivity index (χ0n) is 12.1. The van der Waals surface area contributed by atoms with Gasteiger partial charge in [-0.25, -0.2) is 9.38 Å². The van der Waals surface area contributed by atoms with E-state index >= 15 is 0 Å². The van der Waals surface area contributed by atoms with Crippen molar-refractivity contribution in [1.82, 2.24) is 5.32 Å². The van der Waals surface area contributed by atoms with Gasteiger partial charge in [0.05, 0.1) is 12.2 Å². The van der Waals surface area contributed by atoms with E-state index in [4.69, 9.17) is 4.74 Å². The Hall–Kier alpha value is -1.91. The predicted octanol–water partition coefficient (Wildman–Crippen LogP) is 2.99. The maximum Gasteiger partial charge on any atom is 0.291 e. The minimum absolute atomic E-state index is 0.0233. The Morgan fingerprint density at radius 3 is 2.70 bits per heavy atom. The molecule has 0 radical (unpaired) electrons. The molecule has 0 aliphatic carbocycles. The Morgan fingerprint density at radius 1 is 1.40 bits per heavy atom. The van der Waals surface area contributed by atoms with Crippen LogP contribution in [0.25, 0.3) is 0 Å². The molecule has 20 heavy (non-hydrogen) atoms. The van der Waals surface area contributed by atoms with Crippen LogP contribution in [0.15, 0.2) is 29.3 Å². The average Bonchev–Trinajstić information content (AvgIpc) is 2.42. The van der Waals surface area contributed by atoms with Gasteiger partial charge < -0.3 is 4.74 Å². The molecule has 0 atom stereocenters. The Kier molecular flexibility index (Phi) is 6.70. The number of hydrogen-bond acceptors (Lipinski definition) is 3. The highest BCUT2D eigenvalue weighted by Gasteiger charge is 2.14. The van der Waals surface area contributed by atoms with Crippen LogP contribution in [0.2, 0.25) is 0 Å². The Bertz CT molecular complexity index is 473. The fourth-order valence-corrected chi connectivity index (χ4v) is 1.39. The van der Waals surface area contributed by atoms with Crippen LogP contribution in [0.3, 0.4) is 0 Å². The van der Waals surface area contributed by atoms with Crippen LogP contribution >= 0.6 is 0 Å². The van der Waals surface area contributed by atoms with Crippen LogP contribution in [-0.4, -0.2) is 25.1 Å². The van der Waals surface area contributed by atoms with Gasteiger partial charge in [0.2, 0.25) is 0 Å². The molecule has 0 spiro atoms. The van der Waals surface area contributed by atoms with Crippen LogP contribution in [0.4, 0.5) is 4.39 Å². The highest BCUT2D eigenvalue weighted by atomic mass is 19.1. The second kappa shape index (κ2) is 8.30. The molecule has 5 heteroatoms. The molecule has 1 aromatic carbocycles. The van der Waals surface area contributed by atoms with Crippen molar-refractivity contribution in [3.8, 4) is 0 Å². The SMILES string of the molecule is CCCN=C(NC(=O)c1ccccc1F)OCC(C)C. The lowest BCUT2D eigenvalue weighted by Gasteiger charge is -2.12. The number of carbonyl (C=O) groups excluding carboxylic acids is 1. The lowest BCUT2D eigenvalue weighted by atomic mass is 10.2. The van der Waals surface area contributed by atoms with Crippen LogP contribution < -0.4 is 5.32 Å². The number of halogens is 1. The first-order valence-corrected chi connectivity index (χ1v) is 6.77. The normalized spacial score (nSPS) is 11.6. The first-order chi connectivity index (χ1) is 9.54. The van der Waals surface area contributed by atoms with E-state index < -0.39 is 11.7 Å². The third kappa shape index (κ3) is 5.38. The fraction of sp³-hybridized carbons (Fsp3) is 0.467. The standard InChI is InChI=1S/C15H21FN2O2/c1-4-9-17-15(20-10-11(2)3)18-14(19)12-7-5-6-8-13(12)16/h5-8,11H,4,9-10H2,1-3H3,(H,17,18,19). The molecule has 0 fully saturated rings. The smallest absolute Gasteiger partial charge is 0.291 e. The van der Waals surface area contributed by atoms with Gasteiger partial charge in [0.25, 0.3) is 11.9 Å². The van der Waals surface area contributed by atoms with Gasteiger partial charge in [-0.05, 0) is 24.5 Å². The van der Waals surface area contributed by atoms with Gasteiger partial charge in [-0.2, -0.15) is 0 Å². The molecule has 0 unspecified atom stereocenters. The number of benzene rings is 1. The molecule has 1 amide bonds. The Labute approximate surface area is 119 Å². The number of carbonyl (C=O) groups is 1. The fourth-order valence-electron chi connectivity index (χ4n) is 1.39. The molecule has 0 saturated heterocycles. The second-order valence-corrected chi connectivity index (χ2v) is 4.83. The highest BCUT2D eigenvalue weighted by Crippen LogP contribution is 2.06. The molecule has 110 valence electrons. The average molecular weight is 280 g/mol. The molecule has 0 bridgehead atoms. The molecule has 1 rings (SSSR count). The number of aliphatic imine (C=N–C) groups is 1. The van der Waals surface area contributed by atoms with Crippen molar-refractivity contribution in [2.45, 2.75) is 27.2 Å². The number of ether oxygens (including phenoxy) is 1. The van der Waals surface area contributed by atoms with E-state index in [0.717, 1.165) is 6.42 Å². The summed E-state index contributed by atoms with van der Waals surface area (Å²) in [7, 11) is 0. The van der Waals surface area contributed by atoms with Gasteiger partial charge in [-0.1, -0.05) is 32.9 Å². The van der Waals surface area contributed by atoms with Crippen molar-refractivity contribution in [1.29, 1.82) is 0 Å². The molecule has 0 heterocycles. The van der Waals surface area contributed by atoms with E-state index in [9.17, 15) is 9.18 Å². The maximum absolute atomic E-state index is 13.5. The van der Waals surface area contributed by atoms with Crippen molar-refractivity contribution in [3.63, 3.8) is 0 Å². The van der Waals surface area contributed by atoms with Crippen LogP contribution in [0, 0.1) is 11.7 Å². The van der Waals surface area contributed by atoms with E-state index in [2.05, 4.69) is 10.3 Å². The quantitative estimate of drug-likeness (QED) is 0.666. The highest BCUT2D eigenvalue weighted by molar-refractivity contribution is 6.04.